The zero-order chi connectivity index (χ0) is 9.26. The second kappa shape index (κ2) is 3.19. The predicted molar refractivity (Wildman–Crippen MR) is 54.4 cm³/mol. The van der Waals surface area contributed by atoms with Crippen molar-refractivity contribution < 1.29 is 5.11 Å². The first-order chi connectivity index (χ1) is 6.33. The monoisotopic (exact) mass is 172 g/mol. The van der Waals surface area contributed by atoms with Crippen LogP contribution in [0.15, 0.2) is 42.5 Å². The van der Waals surface area contributed by atoms with Crippen LogP contribution in [0.4, 0.5) is 0 Å². The van der Waals surface area contributed by atoms with E-state index in [0.717, 1.165) is 5.57 Å². The van der Waals surface area contributed by atoms with Gasteiger partial charge in [0.25, 0.3) is 0 Å². The van der Waals surface area contributed by atoms with E-state index < -0.39 is 0 Å². The number of rotatable bonds is 1. The van der Waals surface area contributed by atoms with Crippen LogP contribution in [0.2, 0.25) is 0 Å². The van der Waals surface area contributed by atoms with Crippen LogP contribution in [0.1, 0.15) is 17.0 Å². The van der Waals surface area contributed by atoms with Crippen LogP contribution in [0.5, 0.6) is 0 Å². The van der Waals surface area contributed by atoms with Gasteiger partial charge in [0.15, 0.2) is 0 Å². The number of hydrogen-bond acceptors (Lipinski definition) is 1. The van der Waals surface area contributed by atoms with Crippen LogP contribution >= 0.6 is 0 Å². The van der Waals surface area contributed by atoms with Crippen LogP contribution < -0.4 is 0 Å². The summed E-state index contributed by atoms with van der Waals surface area (Å²) in [6.45, 7) is 4.06. The molecular weight excluding hydrogens is 160 g/mol. The molecule has 0 saturated carbocycles. The molecule has 1 nitrogen and oxygen atoms in total. The quantitative estimate of drug-likeness (QED) is 0.689. The molecule has 2 rings (SSSR count). The molecule has 1 N–H and O–H groups in total. The Morgan fingerprint density at radius 3 is 2.77 bits per heavy atom. The highest BCUT2D eigenvalue weighted by Crippen LogP contribution is 2.31. The smallest absolute Gasteiger partial charge is 0.0540 e. The molecule has 1 heteroatoms. The summed E-state index contributed by atoms with van der Waals surface area (Å²) in [5.41, 5.74) is 3.35. The van der Waals surface area contributed by atoms with Crippen molar-refractivity contribution in [2.75, 3.05) is 6.61 Å². The second-order valence-electron chi connectivity index (χ2n) is 3.27. The molecule has 0 spiro atoms. The van der Waals surface area contributed by atoms with E-state index in [1.54, 1.807) is 0 Å². The van der Waals surface area contributed by atoms with Crippen molar-refractivity contribution in [2.24, 2.45) is 0 Å². The summed E-state index contributed by atoms with van der Waals surface area (Å²) in [4.78, 5) is 0. The average Bonchev–Trinajstić information content (AvgIpc) is 2.18. The SMILES string of the molecule is C=C1C=Cc2ccccc2C1CO. The molecule has 0 bridgehead atoms. The Labute approximate surface area is 78.0 Å². The lowest BCUT2D eigenvalue weighted by Crippen LogP contribution is -2.09. The van der Waals surface area contributed by atoms with E-state index in [0.29, 0.717) is 0 Å². The van der Waals surface area contributed by atoms with Crippen LogP contribution in [0.3, 0.4) is 0 Å². The number of aliphatic hydroxyl groups excluding tert-OH is 1. The molecule has 1 atom stereocenters. The van der Waals surface area contributed by atoms with E-state index in [2.05, 4.69) is 12.6 Å². The van der Waals surface area contributed by atoms with Gasteiger partial charge in [-0.25, -0.2) is 0 Å². The topological polar surface area (TPSA) is 20.2 Å². The van der Waals surface area contributed by atoms with Gasteiger partial charge < -0.3 is 5.11 Å². The maximum absolute atomic E-state index is 9.21. The van der Waals surface area contributed by atoms with Crippen LogP contribution in [-0.2, 0) is 0 Å². The Bertz CT molecular complexity index is 363. The van der Waals surface area contributed by atoms with E-state index in [1.807, 2.05) is 30.4 Å². The third-order valence-corrected chi connectivity index (χ3v) is 2.48. The van der Waals surface area contributed by atoms with Crippen LogP contribution in [0, 0.1) is 0 Å². The molecule has 0 aromatic heterocycles. The summed E-state index contributed by atoms with van der Waals surface area (Å²) >= 11 is 0. The molecule has 1 aromatic rings. The second-order valence-corrected chi connectivity index (χ2v) is 3.27. The van der Waals surface area contributed by atoms with Gasteiger partial charge in [0.1, 0.15) is 0 Å². The molecule has 66 valence electrons. The van der Waals surface area contributed by atoms with E-state index in [4.69, 9.17) is 0 Å². The van der Waals surface area contributed by atoms with Gasteiger partial charge in [-0.05, 0) is 16.7 Å². The fourth-order valence-corrected chi connectivity index (χ4v) is 1.71. The fraction of sp³-hybridized carbons (Fsp3) is 0.167. The van der Waals surface area contributed by atoms with Gasteiger partial charge in [-0.3, -0.25) is 0 Å². The zero-order valence-corrected chi connectivity index (χ0v) is 7.40. The lowest BCUT2D eigenvalue weighted by atomic mass is 9.85. The van der Waals surface area contributed by atoms with E-state index in [9.17, 15) is 5.11 Å². The molecule has 1 aromatic carbocycles. The third-order valence-electron chi connectivity index (χ3n) is 2.48. The summed E-state index contributed by atoms with van der Waals surface area (Å²) in [7, 11) is 0. The van der Waals surface area contributed by atoms with Gasteiger partial charge in [0, 0.05) is 5.92 Å². The van der Waals surface area contributed by atoms with Crippen molar-refractivity contribution in [3.63, 3.8) is 0 Å². The molecule has 0 aliphatic heterocycles. The fourth-order valence-electron chi connectivity index (χ4n) is 1.71. The Morgan fingerprint density at radius 2 is 2.00 bits per heavy atom. The van der Waals surface area contributed by atoms with Crippen molar-refractivity contribution in [2.45, 2.75) is 5.92 Å². The maximum Gasteiger partial charge on any atom is 0.0540 e. The molecule has 13 heavy (non-hydrogen) atoms. The largest absolute Gasteiger partial charge is 0.395 e. The summed E-state index contributed by atoms with van der Waals surface area (Å²) < 4.78 is 0. The Morgan fingerprint density at radius 1 is 1.23 bits per heavy atom. The average molecular weight is 172 g/mol. The number of aliphatic hydroxyl groups is 1. The van der Waals surface area contributed by atoms with Gasteiger partial charge in [0.05, 0.1) is 6.61 Å². The lowest BCUT2D eigenvalue weighted by Gasteiger charge is -2.21. The Hall–Kier alpha value is -1.34. The Kier molecular flexibility index (Phi) is 2.03. The van der Waals surface area contributed by atoms with Crippen molar-refractivity contribution in [3.8, 4) is 0 Å². The minimum absolute atomic E-state index is 0.0844. The van der Waals surface area contributed by atoms with E-state index >= 15 is 0 Å². The van der Waals surface area contributed by atoms with Crippen LogP contribution in [0.25, 0.3) is 6.08 Å². The predicted octanol–water partition coefficient (Wildman–Crippen LogP) is 2.35. The van der Waals surface area contributed by atoms with Gasteiger partial charge >= 0.3 is 0 Å². The summed E-state index contributed by atoms with van der Waals surface area (Å²) in [6.07, 6.45) is 4.02. The molecule has 1 unspecified atom stereocenters. The normalized spacial score (nSPS) is 20.1. The first kappa shape index (κ1) is 8.27. The number of hydrogen-bond donors (Lipinski definition) is 1. The van der Waals surface area contributed by atoms with Gasteiger partial charge in [-0.1, -0.05) is 43.0 Å². The van der Waals surface area contributed by atoms with Gasteiger partial charge in [-0.15, -0.1) is 0 Å². The summed E-state index contributed by atoms with van der Waals surface area (Å²) in [5, 5.41) is 9.21. The van der Waals surface area contributed by atoms with Crippen LogP contribution in [-0.4, -0.2) is 11.7 Å². The summed E-state index contributed by atoms with van der Waals surface area (Å²) in [5.74, 6) is 0.0844. The molecule has 1 aliphatic rings. The number of benzene rings is 1. The first-order valence-electron chi connectivity index (χ1n) is 4.39. The van der Waals surface area contributed by atoms with Gasteiger partial charge in [0.2, 0.25) is 0 Å². The number of allylic oxidation sites excluding steroid dienone is 1. The zero-order valence-electron chi connectivity index (χ0n) is 7.40. The molecule has 0 saturated heterocycles. The highest BCUT2D eigenvalue weighted by molar-refractivity contribution is 5.63. The standard InChI is InChI=1S/C12H12O/c1-9-6-7-10-4-2-3-5-11(10)12(9)8-13/h2-7,12-13H,1,8H2. The maximum atomic E-state index is 9.21. The highest BCUT2D eigenvalue weighted by atomic mass is 16.3. The molecule has 0 amide bonds. The molecule has 0 heterocycles. The highest BCUT2D eigenvalue weighted by Gasteiger charge is 2.17. The summed E-state index contributed by atoms with van der Waals surface area (Å²) in [6, 6.07) is 8.10. The van der Waals surface area contributed by atoms with Gasteiger partial charge in [-0.2, -0.15) is 0 Å². The molecule has 0 radical (unpaired) electrons. The van der Waals surface area contributed by atoms with Crippen molar-refractivity contribution in [1.29, 1.82) is 0 Å². The molecule has 1 aliphatic carbocycles. The van der Waals surface area contributed by atoms with E-state index in [-0.39, 0.29) is 12.5 Å². The number of fused-ring (bicyclic) bond motifs is 1. The van der Waals surface area contributed by atoms with Crippen molar-refractivity contribution in [3.05, 3.63) is 53.6 Å². The Balaban J connectivity index is 2.53. The van der Waals surface area contributed by atoms with Crippen molar-refractivity contribution >= 4 is 6.08 Å². The van der Waals surface area contributed by atoms with E-state index in [1.165, 1.54) is 11.1 Å². The third kappa shape index (κ3) is 1.31. The first-order valence-corrected chi connectivity index (χ1v) is 4.39. The van der Waals surface area contributed by atoms with Crippen molar-refractivity contribution in [1.82, 2.24) is 0 Å². The minimum atomic E-state index is 0.0844. The lowest BCUT2D eigenvalue weighted by molar-refractivity contribution is 0.280. The minimum Gasteiger partial charge on any atom is -0.395 e. The molecule has 0 fully saturated rings. The molecular formula is C12H12O.